The van der Waals surface area contributed by atoms with Crippen molar-refractivity contribution < 1.29 is 0 Å². The molecule has 0 aliphatic carbocycles. The maximum absolute atomic E-state index is 6.31. The van der Waals surface area contributed by atoms with Crippen molar-refractivity contribution in [3.05, 3.63) is 0 Å². The molecule has 2 nitrogen and oxygen atoms in total. The molecular formula is C18H38N2. The van der Waals surface area contributed by atoms with Crippen molar-refractivity contribution in [2.75, 3.05) is 19.6 Å². The third-order valence-electron chi connectivity index (χ3n) is 5.05. The Morgan fingerprint density at radius 1 is 1.05 bits per heavy atom. The van der Waals surface area contributed by atoms with Crippen LogP contribution in [0, 0.1) is 17.8 Å². The van der Waals surface area contributed by atoms with Crippen LogP contribution < -0.4 is 5.73 Å². The Bertz CT molecular complexity index is 250. The molecule has 0 aromatic rings. The first-order valence-electron chi connectivity index (χ1n) is 8.88. The molecule has 20 heavy (non-hydrogen) atoms. The second kappa shape index (κ2) is 8.38. The molecule has 1 heterocycles. The monoisotopic (exact) mass is 282 g/mol. The van der Waals surface area contributed by atoms with E-state index in [0.29, 0.717) is 0 Å². The van der Waals surface area contributed by atoms with E-state index in [4.69, 9.17) is 5.73 Å². The topological polar surface area (TPSA) is 29.3 Å². The molecule has 2 heteroatoms. The number of likely N-dealkylation sites (tertiary alicyclic amines) is 1. The van der Waals surface area contributed by atoms with Crippen LogP contribution in [0.25, 0.3) is 0 Å². The van der Waals surface area contributed by atoms with E-state index in [9.17, 15) is 0 Å². The molecule has 2 N–H and O–H groups in total. The van der Waals surface area contributed by atoms with Crippen LogP contribution >= 0.6 is 0 Å². The summed E-state index contributed by atoms with van der Waals surface area (Å²) in [4.78, 5) is 2.77. The number of nitrogens with zero attached hydrogens (tertiary/aromatic N) is 1. The molecule has 1 fully saturated rings. The van der Waals surface area contributed by atoms with Crippen LogP contribution in [-0.4, -0.2) is 30.1 Å². The molecule has 1 aliphatic rings. The zero-order chi connectivity index (χ0) is 15.2. The van der Waals surface area contributed by atoms with Crippen molar-refractivity contribution in [1.82, 2.24) is 4.90 Å². The summed E-state index contributed by atoms with van der Waals surface area (Å²) in [5.74, 6) is 2.39. The first kappa shape index (κ1) is 18.0. The van der Waals surface area contributed by atoms with Gasteiger partial charge in [0.05, 0.1) is 0 Å². The SMILES string of the molecule is CCC1CCCN(C(CN)(CC(C)C)CC(C)C)CC1. The molecule has 0 saturated carbocycles. The van der Waals surface area contributed by atoms with Gasteiger partial charge in [0.2, 0.25) is 0 Å². The Labute approximate surface area is 127 Å². The first-order valence-corrected chi connectivity index (χ1v) is 8.88. The zero-order valence-corrected chi connectivity index (χ0v) is 14.6. The lowest BCUT2D eigenvalue weighted by molar-refractivity contribution is 0.0552. The van der Waals surface area contributed by atoms with E-state index in [1.54, 1.807) is 0 Å². The number of nitrogens with two attached hydrogens (primary N) is 1. The highest BCUT2D eigenvalue weighted by atomic mass is 15.2. The number of rotatable bonds is 7. The quantitative estimate of drug-likeness (QED) is 0.755. The minimum atomic E-state index is 0.241. The second-order valence-electron chi connectivity index (χ2n) is 7.82. The molecule has 0 aromatic carbocycles. The third kappa shape index (κ3) is 5.04. The molecule has 1 rings (SSSR count). The molecule has 0 radical (unpaired) electrons. The van der Waals surface area contributed by atoms with Crippen molar-refractivity contribution in [1.29, 1.82) is 0 Å². The fraction of sp³-hybridized carbons (Fsp3) is 1.00. The van der Waals surface area contributed by atoms with E-state index < -0.39 is 0 Å². The summed E-state index contributed by atoms with van der Waals surface area (Å²) in [6.45, 7) is 15.1. The molecular weight excluding hydrogens is 244 g/mol. The Balaban J connectivity index is 2.84. The van der Waals surface area contributed by atoms with Gasteiger partial charge in [0.15, 0.2) is 0 Å². The zero-order valence-electron chi connectivity index (χ0n) is 14.6. The van der Waals surface area contributed by atoms with Gasteiger partial charge in [-0.1, -0.05) is 41.0 Å². The van der Waals surface area contributed by atoms with Crippen LogP contribution in [0.1, 0.15) is 73.1 Å². The predicted octanol–water partition coefficient (Wildman–Crippen LogP) is 4.29. The van der Waals surface area contributed by atoms with Crippen molar-refractivity contribution in [2.45, 2.75) is 78.7 Å². The van der Waals surface area contributed by atoms with Crippen molar-refractivity contribution >= 4 is 0 Å². The lowest BCUT2D eigenvalue weighted by Crippen LogP contribution is -2.55. The molecule has 120 valence electrons. The molecule has 1 saturated heterocycles. The number of hydrogen-bond donors (Lipinski definition) is 1. The molecule has 1 aliphatic heterocycles. The average molecular weight is 283 g/mol. The van der Waals surface area contributed by atoms with Crippen molar-refractivity contribution in [2.24, 2.45) is 23.5 Å². The van der Waals surface area contributed by atoms with Crippen LogP contribution in [0.15, 0.2) is 0 Å². The standard InChI is InChI=1S/C18H38N2/c1-6-17-8-7-10-20(11-9-17)18(14-19,12-15(2)3)13-16(4)5/h15-17H,6-14,19H2,1-5H3. The van der Waals surface area contributed by atoms with Gasteiger partial charge in [-0.2, -0.15) is 0 Å². The minimum Gasteiger partial charge on any atom is -0.329 e. The van der Waals surface area contributed by atoms with Gasteiger partial charge in [0.1, 0.15) is 0 Å². The maximum Gasteiger partial charge on any atom is 0.0336 e. The molecule has 1 atom stereocenters. The number of hydrogen-bond acceptors (Lipinski definition) is 2. The fourth-order valence-corrected chi connectivity index (χ4v) is 4.21. The van der Waals surface area contributed by atoms with E-state index in [1.807, 2.05) is 0 Å². The predicted molar refractivity (Wildman–Crippen MR) is 89.9 cm³/mol. The summed E-state index contributed by atoms with van der Waals surface area (Å²) in [5, 5.41) is 0. The molecule has 1 unspecified atom stereocenters. The van der Waals surface area contributed by atoms with Crippen molar-refractivity contribution in [3.63, 3.8) is 0 Å². The van der Waals surface area contributed by atoms with Crippen LogP contribution in [-0.2, 0) is 0 Å². The molecule has 0 bridgehead atoms. The van der Waals surface area contributed by atoms with Crippen LogP contribution in [0.5, 0.6) is 0 Å². The van der Waals surface area contributed by atoms with Gasteiger partial charge in [0.25, 0.3) is 0 Å². The highest BCUT2D eigenvalue weighted by Gasteiger charge is 2.37. The average Bonchev–Trinajstić information content (AvgIpc) is 2.62. The van der Waals surface area contributed by atoms with E-state index >= 15 is 0 Å². The van der Waals surface area contributed by atoms with Gasteiger partial charge in [-0.15, -0.1) is 0 Å². The van der Waals surface area contributed by atoms with Gasteiger partial charge in [0, 0.05) is 12.1 Å². The highest BCUT2D eigenvalue weighted by molar-refractivity contribution is 4.94. The van der Waals surface area contributed by atoms with E-state index in [1.165, 1.54) is 51.6 Å². The first-order chi connectivity index (χ1) is 9.43. The van der Waals surface area contributed by atoms with Gasteiger partial charge >= 0.3 is 0 Å². The van der Waals surface area contributed by atoms with Crippen LogP contribution in [0.3, 0.4) is 0 Å². The van der Waals surface area contributed by atoms with Gasteiger partial charge in [-0.3, -0.25) is 4.90 Å². The van der Waals surface area contributed by atoms with E-state index in [2.05, 4.69) is 39.5 Å². The fourth-order valence-electron chi connectivity index (χ4n) is 4.21. The lowest BCUT2D eigenvalue weighted by atomic mass is 9.80. The lowest BCUT2D eigenvalue weighted by Gasteiger charge is -2.45. The summed E-state index contributed by atoms with van der Waals surface area (Å²) in [5.41, 5.74) is 6.55. The van der Waals surface area contributed by atoms with Gasteiger partial charge < -0.3 is 5.73 Å². The third-order valence-corrected chi connectivity index (χ3v) is 5.05. The van der Waals surface area contributed by atoms with Gasteiger partial charge in [-0.25, -0.2) is 0 Å². The Kier molecular flexibility index (Phi) is 7.53. The highest BCUT2D eigenvalue weighted by Crippen LogP contribution is 2.33. The normalized spacial score (nSPS) is 22.5. The molecule has 0 spiro atoms. The van der Waals surface area contributed by atoms with Crippen LogP contribution in [0.2, 0.25) is 0 Å². The van der Waals surface area contributed by atoms with E-state index in [-0.39, 0.29) is 5.54 Å². The summed E-state index contributed by atoms with van der Waals surface area (Å²) in [6.07, 6.45) is 7.98. The van der Waals surface area contributed by atoms with E-state index in [0.717, 1.165) is 24.3 Å². The second-order valence-corrected chi connectivity index (χ2v) is 7.82. The Morgan fingerprint density at radius 2 is 1.65 bits per heavy atom. The smallest absolute Gasteiger partial charge is 0.0336 e. The Morgan fingerprint density at radius 3 is 2.10 bits per heavy atom. The van der Waals surface area contributed by atoms with Crippen LogP contribution in [0.4, 0.5) is 0 Å². The maximum atomic E-state index is 6.31. The van der Waals surface area contributed by atoms with Crippen molar-refractivity contribution in [3.8, 4) is 0 Å². The minimum absolute atomic E-state index is 0.241. The van der Waals surface area contributed by atoms with Gasteiger partial charge in [-0.05, 0) is 62.9 Å². The molecule has 0 aromatic heterocycles. The summed E-state index contributed by atoms with van der Waals surface area (Å²) >= 11 is 0. The summed E-state index contributed by atoms with van der Waals surface area (Å²) in [7, 11) is 0. The largest absolute Gasteiger partial charge is 0.329 e. The Hall–Kier alpha value is -0.0800. The summed E-state index contributed by atoms with van der Waals surface area (Å²) < 4.78 is 0. The molecule has 0 amide bonds. The summed E-state index contributed by atoms with van der Waals surface area (Å²) in [6, 6.07) is 0.